The second-order valence-corrected chi connectivity index (χ2v) is 7.71. The number of nitrogens with zero attached hydrogens (tertiary/aromatic N) is 3. The Morgan fingerprint density at radius 2 is 2.23 bits per heavy atom. The summed E-state index contributed by atoms with van der Waals surface area (Å²) in [7, 11) is 0. The fourth-order valence-corrected chi connectivity index (χ4v) is 5.08. The zero-order chi connectivity index (χ0) is 18.7. The molecule has 8 heteroatoms. The second kappa shape index (κ2) is 7.89. The van der Waals surface area contributed by atoms with Gasteiger partial charge in [0, 0.05) is 17.8 Å². The molecule has 0 spiro atoms. The van der Waals surface area contributed by atoms with Crippen molar-refractivity contribution in [1.29, 1.82) is 5.26 Å². The molecule has 3 rings (SSSR count). The monoisotopic (exact) mass is 389 g/mol. The van der Waals surface area contributed by atoms with E-state index in [2.05, 4.69) is 6.07 Å². The highest BCUT2D eigenvalue weighted by molar-refractivity contribution is 7.18. The van der Waals surface area contributed by atoms with Crippen molar-refractivity contribution in [2.24, 2.45) is 0 Å². The number of nitriles is 1. The van der Waals surface area contributed by atoms with Crippen molar-refractivity contribution in [1.82, 2.24) is 4.90 Å². The highest BCUT2D eigenvalue weighted by Crippen LogP contribution is 2.43. The average Bonchev–Trinajstić information content (AvgIpc) is 3.29. The molecule has 0 atom stereocenters. The van der Waals surface area contributed by atoms with Gasteiger partial charge < -0.3 is 9.64 Å². The van der Waals surface area contributed by atoms with Crippen LogP contribution in [-0.4, -0.2) is 30.1 Å². The third-order valence-corrected chi connectivity index (χ3v) is 6.21. The van der Waals surface area contributed by atoms with Gasteiger partial charge in [-0.1, -0.05) is 6.92 Å². The molecular formula is C18H19N3O3S2. The molecule has 1 aliphatic heterocycles. The maximum atomic E-state index is 12.6. The zero-order valence-electron chi connectivity index (χ0n) is 14.7. The molecule has 0 aliphatic carbocycles. The first-order valence-electron chi connectivity index (χ1n) is 8.43. The molecule has 3 heterocycles. The third kappa shape index (κ3) is 3.32. The van der Waals surface area contributed by atoms with Crippen molar-refractivity contribution < 1.29 is 14.3 Å². The second-order valence-electron chi connectivity index (χ2n) is 5.70. The summed E-state index contributed by atoms with van der Waals surface area (Å²) in [6.45, 7) is 4.84. The summed E-state index contributed by atoms with van der Waals surface area (Å²) in [5.41, 5.74) is 1.49. The van der Waals surface area contributed by atoms with Gasteiger partial charge in [0.25, 0.3) is 0 Å². The van der Waals surface area contributed by atoms with Gasteiger partial charge in [-0.15, -0.1) is 22.7 Å². The molecule has 2 aromatic rings. The summed E-state index contributed by atoms with van der Waals surface area (Å²) >= 11 is 2.88. The maximum absolute atomic E-state index is 12.6. The summed E-state index contributed by atoms with van der Waals surface area (Å²) < 4.78 is 5.09. The molecule has 0 aromatic carbocycles. The molecule has 1 aliphatic rings. The average molecular weight is 390 g/mol. The summed E-state index contributed by atoms with van der Waals surface area (Å²) in [6, 6.07) is 6.05. The lowest BCUT2D eigenvalue weighted by molar-refractivity contribution is -0.117. The minimum absolute atomic E-state index is 0.0511. The Kier molecular flexibility index (Phi) is 5.59. The molecular weight excluding hydrogens is 370 g/mol. The number of rotatable bonds is 4. The van der Waals surface area contributed by atoms with Crippen molar-refractivity contribution in [3.63, 3.8) is 0 Å². The molecule has 6 nitrogen and oxygen atoms in total. The van der Waals surface area contributed by atoms with E-state index in [0.29, 0.717) is 43.1 Å². The SMILES string of the molecule is CCOC(=O)N1CCc2c(sc(N(C(=O)CC)c3cccs3)c2C#N)C1. The molecule has 0 saturated carbocycles. The predicted molar refractivity (Wildman–Crippen MR) is 102 cm³/mol. The van der Waals surface area contributed by atoms with E-state index in [0.717, 1.165) is 15.4 Å². The van der Waals surface area contributed by atoms with Gasteiger partial charge in [0.15, 0.2) is 0 Å². The van der Waals surface area contributed by atoms with E-state index in [1.54, 1.807) is 16.7 Å². The highest BCUT2D eigenvalue weighted by atomic mass is 32.1. The lowest BCUT2D eigenvalue weighted by Crippen LogP contribution is -2.35. The molecule has 0 saturated heterocycles. The van der Waals surface area contributed by atoms with E-state index < -0.39 is 0 Å². The van der Waals surface area contributed by atoms with Crippen molar-refractivity contribution in [3.05, 3.63) is 33.5 Å². The van der Waals surface area contributed by atoms with Crippen molar-refractivity contribution in [2.75, 3.05) is 18.1 Å². The van der Waals surface area contributed by atoms with Gasteiger partial charge in [-0.3, -0.25) is 9.69 Å². The number of fused-ring (bicyclic) bond motifs is 1. The van der Waals surface area contributed by atoms with Gasteiger partial charge >= 0.3 is 6.09 Å². The van der Waals surface area contributed by atoms with Crippen LogP contribution in [0, 0.1) is 11.3 Å². The van der Waals surface area contributed by atoms with Crippen LogP contribution in [0.15, 0.2) is 17.5 Å². The standard InChI is InChI=1S/C18H19N3O3S2/c1-3-15(22)21(16-6-5-9-25-16)17-13(10-19)12-7-8-20(11-14(12)26-17)18(23)24-4-2/h5-6,9H,3-4,7-8,11H2,1-2H3. The fraction of sp³-hybridized carbons (Fsp3) is 0.389. The van der Waals surface area contributed by atoms with Crippen molar-refractivity contribution in [3.8, 4) is 6.07 Å². The number of hydrogen-bond acceptors (Lipinski definition) is 6. The minimum Gasteiger partial charge on any atom is -0.450 e. The lowest BCUT2D eigenvalue weighted by atomic mass is 10.0. The molecule has 0 N–H and O–H groups in total. The predicted octanol–water partition coefficient (Wildman–Crippen LogP) is 4.27. The van der Waals surface area contributed by atoms with Gasteiger partial charge in [0.1, 0.15) is 16.1 Å². The van der Waals surface area contributed by atoms with Gasteiger partial charge in [0.2, 0.25) is 5.91 Å². The fourth-order valence-electron chi connectivity index (χ4n) is 2.92. The number of hydrogen-bond donors (Lipinski definition) is 0. The Morgan fingerprint density at radius 3 is 2.85 bits per heavy atom. The summed E-state index contributed by atoms with van der Waals surface area (Å²) in [5.74, 6) is -0.0511. The van der Waals surface area contributed by atoms with Crippen LogP contribution in [0.1, 0.15) is 36.3 Å². The van der Waals surface area contributed by atoms with Gasteiger partial charge in [-0.05, 0) is 36.4 Å². The van der Waals surface area contributed by atoms with E-state index >= 15 is 0 Å². The van der Waals surface area contributed by atoms with Crippen LogP contribution in [0.3, 0.4) is 0 Å². The Hall–Kier alpha value is -2.37. The van der Waals surface area contributed by atoms with Crippen LogP contribution in [0.4, 0.5) is 14.8 Å². The van der Waals surface area contributed by atoms with Crippen LogP contribution in [-0.2, 0) is 22.5 Å². The Morgan fingerprint density at radius 1 is 1.42 bits per heavy atom. The highest BCUT2D eigenvalue weighted by Gasteiger charge is 2.31. The molecule has 0 unspecified atom stereocenters. The van der Waals surface area contributed by atoms with Crippen LogP contribution in [0.5, 0.6) is 0 Å². The molecule has 0 fully saturated rings. The van der Waals surface area contributed by atoms with Crippen LogP contribution in [0.25, 0.3) is 0 Å². The first kappa shape index (κ1) is 18.4. The van der Waals surface area contributed by atoms with E-state index in [1.165, 1.54) is 22.7 Å². The van der Waals surface area contributed by atoms with Gasteiger partial charge in [-0.2, -0.15) is 5.26 Å². The molecule has 0 bridgehead atoms. The topological polar surface area (TPSA) is 73.6 Å². The van der Waals surface area contributed by atoms with Gasteiger partial charge in [-0.25, -0.2) is 4.79 Å². The first-order chi connectivity index (χ1) is 12.6. The number of amides is 2. The van der Waals surface area contributed by atoms with E-state index in [9.17, 15) is 14.9 Å². The molecule has 0 radical (unpaired) electrons. The largest absolute Gasteiger partial charge is 0.450 e. The summed E-state index contributed by atoms with van der Waals surface area (Å²) in [6.07, 6.45) is 0.596. The van der Waals surface area contributed by atoms with Crippen LogP contribution in [0.2, 0.25) is 0 Å². The summed E-state index contributed by atoms with van der Waals surface area (Å²) in [5, 5.41) is 13.1. The quantitative estimate of drug-likeness (QED) is 0.783. The van der Waals surface area contributed by atoms with E-state index in [-0.39, 0.29) is 12.0 Å². The van der Waals surface area contributed by atoms with Crippen molar-refractivity contribution in [2.45, 2.75) is 33.2 Å². The Labute approximate surface area is 160 Å². The Bertz CT molecular complexity index is 852. The van der Waals surface area contributed by atoms with Crippen LogP contribution < -0.4 is 4.90 Å². The smallest absolute Gasteiger partial charge is 0.410 e. The molecule has 136 valence electrons. The number of ether oxygens (including phenoxy) is 1. The van der Waals surface area contributed by atoms with Crippen molar-refractivity contribution >= 4 is 44.7 Å². The number of carbonyl (C=O) groups excluding carboxylic acids is 2. The van der Waals surface area contributed by atoms with Crippen LogP contribution >= 0.6 is 22.7 Å². The molecule has 26 heavy (non-hydrogen) atoms. The van der Waals surface area contributed by atoms with E-state index in [4.69, 9.17) is 4.74 Å². The Balaban J connectivity index is 2.01. The zero-order valence-corrected chi connectivity index (χ0v) is 16.3. The summed E-state index contributed by atoms with van der Waals surface area (Å²) in [4.78, 5) is 28.8. The third-order valence-electron chi connectivity index (χ3n) is 4.16. The number of anilines is 2. The maximum Gasteiger partial charge on any atom is 0.410 e. The number of carbonyl (C=O) groups is 2. The normalized spacial score (nSPS) is 13.0. The molecule has 2 aromatic heterocycles. The number of thiophene rings is 2. The van der Waals surface area contributed by atoms with E-state index in [1.807, 2.05) is 24.4 Å². The van der Waals surface area contributed by atoms with Gasteiger partial charge in [0.05, 0.1) is 18.7 Å². The first-order valence-corrected chi connectivity index (χ1v) is 10.1. The molecule has 2 amide bonds. The minimum atomic E-state index is -0.341. The lowest BCUT2D eigenvalue weighted by Gasteiger charge is -2.25.